The number of carbonyl (C=O) groups is 1. The van der Waals surface area contributed by atoms with Gasteiger partial charge in [0.05, 0.1) is 13.7 Å². The molecule has 0 saturated carbocycles. The summed E-state index contributed by atoms with van der Waals surface area (Å²) in [5.74, 6) is 0.0841. The topological polar surface area (TPSA) is 79.0 Å². The van der Waals surface area contributed by atoms with E-state index in [9.17, 15) is 13.2 Å². The van der Waals surface area contributed by atoms with Crippen LogP contribution in [-0.4, -0.2) is 63.9 Å². The predicted molar refractivity (Wildman–Crippen MR) is 127 cm³/mol. The SMILES string of the molecule is CCCN(CC(=O)Nc1ccc(OC)c(S(=O)(=O)N(C)C)c1)C1CCc2ccccc2C1. The summed E-state index contributed by atoms with van der Waals surface area (Å²) in [6.45, 7) is 3.22. The average Bonchev–Trinajstić information content (AvgIpc) is 2.78. The second-order valence-corrected chi connectivity index (χ2v) is 10.5. The predicted octanol–water partition coefficient (Wildman–Crippen LogP) is 3.15. The van der Waals surface area contributed by atoms with Gasteiger partial charge in [0.25, 0.3) is 0 Å². The number of anilines is 1. The molecule has 1 unspecified atom stereocenters. The molecule has 1 N–H and O–H groups in total. The summed E-state index contributed by atoms with van der Waals surface area (Å²) in [6.07, 6.45) is 3.95. The molecule has 1 aliphatic rings. The molecule has 2 aromatic rings. The molecule has 0 fully saturated rings. The highest BCUT2D eigenvalue weighted by Gasteiger charge is 2.26. The molecule has 32 heavy (non-hydrogen) atoms. The monoisotopic (exact) mass is 459 g/mol. The van der Waals surface area contributed by atoms with Crippen LogP contribution in [0.2, 0.25) is 0 Å². The zero-order valence-electron chi connectivity index (χ0n) is 19.3. The Morgan fingerprint density at radius 3 is 2.53 bits per heavy atom. The number of hydrogen-bond donors (Lipinski definition) is 1. The van der Waals surface area contributed by atoms with Crippen molar-refractivity contribution in [3.63, 3.8) is 0 Å². The summed E-state index contributed by atoms with van der Waals surface area (Å²) in [5, 5.41) is 2.87. The maximum absolute atomic E-state index is 12.9. The Morgan fingerprint density at radius 1 is 1.16 bits per heavy atom. The van der Waals surface area contributed by atoms with Crippen LogP contribution < -0.4 is 10.1 Å². The normalized spacial score (nSPS) is 16.1. The minimum atomic E-state index is -3.71. The van der Waals surface area contributed by atoms with E-state index in [-0.39, 0.29) is 23.1 Å². The maximum Gasteiger partial charge on any atom is 0.246 e. The largest absolute Gasteiger partial charge is 0.495 e. The summed E-state index contributed by atoms with van der Waals surface area (Å²) in [4.78, 5) is 15.2. The van der Waals surface area contributed by atoms with Crippen molar-refractivity contribution in [2.45, 2.75) is 43.5 Å². The van der Waals surface area contributed by atoms with Crippen LogP contribution in [0.4, 0.5) is 5.69 Å². The average molecular weight is 460 g/mol. The Balaban J connectivity index is 1.73. The van der Waals surface area contributed by atoms with Crippen molar-refractivity contribution in [2.75, 3.05) is 39.6 Å². The molecule has 8 heteroatoms. The third-order valence-electron chi connectivity index (χ3n) is 5.90. The van der Waals surface area contributed by atoms with Gasteiger partial charge in [-0.1, -0.05) is 31.2 Å². The number of sulfonamides is 1. The highest BCUT2D eigenvalue weighted by Crippen LogP contribution is 2.29. The molecule has 2 aromatic carbocycles. The molecule has 1 amide bonds. The van der Waals surface area contributed by atoms with Crippen molar-refractivity contribution in [3.05, 3.63) is 53.6 Å². The highest BCUT2D eigenvalue weighted by molar-refractivity contribution is 7.89. The highest BCUT2D eigenvalue weighted by atomic mass is 32.2. The van der Waals surface area contributed by atoms with Gasteiger partial charge in [0.15, 0.2) is 0 Å². The van der Waals surface area contributed by atoms with Crippen LogP contribution in [-0.2, 0) is 27.7 Å². The minimum absolute atomic E-state index is 0.0251. The van der Waals surface area contributed by atoms with Crippen LogP contribution in [0, 0.1) is 0 Å². The molecule has 0 aliphatic heterocycles. The van der Waals surface area contributed by atoms with Crippen molar-refractivity contribution < 1.29 is 17.9 Å². The van der Waals surface area contributed by atoms with Gasteiger partial charge in [-0.2, -0.15) is 0 Å². The quantitative estimate of drug-likeness (QED) is 0.623. The molecule has 0 saturated heterocycles. The number of rotatable bonds is 9. The standard InChI is InChI=1S/C24H33N3O4S/c1-5-14-27(21-12-10-18-8-6-7-9-19(18)15-21)17-24(28)25-20-11-13-22(31-4)23(16-20)32(29,30)26(2)3/h6-9,11,13,16,21H,5,10,12,14-15,17H2,1-4H3,(H,25,28). The van der Waals surface area contributed by atoms with Gasteiger partial charge in [0, 0.05) is 25.8 Å². The number of benzene rings is 2. The van der Waals surface area contributed by atoms with E-state index in [2.05, 4.69) is 41.4 Å². The van der Waals surface area contributed by atoms with Crippen molar-refractivity contribution in [1.29, 1.82) is 0 Å². The number of carbonyl (C=O) groups excluding carboxylic acids is 1. The van der Waals surface area contributed by atoms with E-state index in [1.54, 1.807) is 12.1 Å². The first kappa shape index (κ1) is 24.2. The third kappa shape index (κ3) is 5.49. The Labute approximate surface area is 191 Å². The van der Waals surface area contributed by atoms with Crippen molar-refractivity contribution in [1.82, 2.24) is 9.21 Å². The lowest BCUT2D eigenvalue weighted by Crippen LogP contribution is -2.44. The van der Waals surface area contributed by atoms with E-state index in [0.29, 0.717) is 11.7 Å². The lowest BCUT2D eigenvalue weighted by atomic mass is 9.87. The van der Waals surface area contributed by atoms with Gasteiger partial charge in [-0.25, -0.2) is 12.7 Å². The van der Waals surface area contributed by atoms with E-state index in [4.69, 9.17) is 4.74 Å². The van der Waals surface area contributed by atoms with Crippen molar-refractivity contribution >= 4 is 21.6 Å². The van der Waals surface area contributed by atoms with Crippen molar-refractivity contribution in [2.24, 2.45) is 0 Å². The molecule has 0 heterocycles. The van der Waals surface area contributed by atoms with Gasteiger partial charge >= 0.3 is 0 Å². The fourth-order valence-corrected chi connectivity index (χ4v) is 5.28. The van der Waals surface area contributed by atoms with Crippen LogP contribution >= 0.6 is 0 Å². The van der Waals surface area contributed by atoms with E-state index in [1.807, 2.05) is 0 Å². The molecule has 0 radical (unpaired) electrons. The zero-order valence-corrected chi connectivity index (χ0v) is 20.1. The van der Waals surface area contributed by atoms with Gasteiger partial charge in [-0.05, 0) is 61.6 Å². The number of aryl methyl sites for hydroxylation is 1. The van der Waals surface area contributed by atoms with E-state index in [0.717, 1.165) is 36.5 Å². The van der Waals surface area contributed by atoms with Gasteiger partial charge in [-0.3, -0.25) is 9.69 Å². The molecule has 0 spiro atoms. The maximum atomic E-state index is 12.9. The first-order chi connectivity index (χ1) is 15.3. The lowest BCUT2D eigenvalue weighted by Gasteiger charge is -2.34. The number of methoxy groups -OCH3 is 1. The van der Waals surface area contributed by atoms with Gasteiger partial charge in [0.1, 0.15) is 10.6 Å². The number of fused-ring (bicyclic) bond motifs is 1. The van der Waals surface area contributed by atoms with Crippen LogP contribution in [0.15, 0.2) is 47.4 Å². The van der Waals surface area contributed by atoms with E-state index < -0.39 is 10.0 Å². The molecule has 7 nitrogen and oxygen atoms in total. The van der Waals surface area contributed by atoms with Gasteiger partial charge in [0.2, 0.25) is 15.9 Å². The van der Waals surface area contributed by atoms with Crippen molar-refractivity contribution in [3.8, 4) is 5.75 Å². The second-order valence-electron chi connectivity index (χ2n) is 8.34. The number of ether oxygens (including phenoxy) is 1. The molecule has 3 rings (SSSR count). The molecular weight excluding hydrogens is 426 g/mol. The zero-order chi connectivity index (χ0) is 23.3. The van der Waals surface area contributed by atoms with E-state index in [1.165, 1.54) is 38.4 Å². The third-order valence-corrected chi connectivity index (χ3v) is 7.74. The summed E-state index contributed by atoms with van der Waals surface area (Å²) in [7, 11) is 0.642. The first-order valence-electron chi connectivity index (χ1n) is 11.0. The summed E-state index contributed by atoms with van der Waals surface area (Å²) in [5.41, 5.74) is 3.19. The summed E-state index contributed by atoms with van der Waals surface area (Å²) < 4.78 is 31.6. The Hall–Kier alpha value is -2.42. The number of nitrogens with one attached hydrogen (secondary N) is 1. The fourth-order valence-electron chi connectivity index (χ4n) is 4.21. The number of amides is 1. The molecule has 1 atom stereocenters. The Kier molecular flexibility index (Phi) is 7.92. The summed E-state index contributed by atoms with van der Waals surface area (Å²) >= 11 is 0. The minimum Gasteiger partial charge on any atom is -0.495 e. The molecule has 174 valence electrons. The van der Waals surface area contributed by atoms with Crippen LogP contribution in [0.25, 0.3) is 0 Å². The lowest BCUT2D eigenvalue weighted by molar-refractivity contribution is -0.118. The summed E-state index contributed by atoms with van der Waals surface area (Å²) in [6, 6.07) is 13.5. The Morgan fingerprint density at radius 2 is 1.88 bits per heavy atom. The number of nitrogens with zero attached hydrogens (tertiary/aromatic N) is 2. The fraction of sp³-hybridized carbons (Fsp3) is 0.458. The molecule has 0 aromatic heterocycles. The van der Waals surface area contributed by atoms with Gasteiger partial charge < -0.3 is 10.1 Å². The van der Waals surface area contributed by atoms with Gasteiger partial charge in [-0.15, -0.1) is 0 Å². The Bertz CT molecular complexity index is 1050. The molecule has 0 bridgehead atoms. The van der Waals surface area contributed by atoms with Crippen LogP contribution in [0.5, 0.6) is 5.75 Å². The molecular formula is C24H33N3O4S. The second kappa shape index (κ2) is 10.5. The number of hydrogen-bond acceptors (Lipinski definition) is 5. The first-order valence-corrected chi connectivity index (χ1v) is 12.4. The molecule has 1 aliphatic carbocycles. The van der Waals surface area contributed by atoms with Crippen LogP contribution in [0.3, 0.4) is 0 Å². The van der Waals surface area contributed by atoms with E-state index >= 15 is 0 Å². The smallest absolute Gasteiger partial charge is 0.246 e. The van der Waals surface area contributed by atoms with Crippen LogP contribution in [0.1, 0.15) is 30.9 Å².